The second kappa shape index (κ2) is 11.5. The van der Waals surface area contributed by atoms with E-state index in [0.717, 1.165) is 57.3 Å². The highest BCUT2D eigenvalue weighted by Crippen LogP contribution is 2.52. The smallest absolute Gasteiger partial charge is 0.475 e. The van der Waals surface area contributed by atoms with Crippen molar-refractivity contribution >= 4 is 21.9 Å². The van der Waals surface area contributed by atoms with E-state index in [1.165, 1.54) is 0 Å². The van der Waals surface area contributed by atoms with Gasteiger partial charge in [-0.1, -0.05) is 44.2 Å². The number of hydrogen-bond acceptors (Lipinski definition) is 5. The van der Waals surface area contributed by atoms with Crippen molar-refractivity contribution in [1.29, 1.82) is 0 Å². The van der Waals surface area contributed by atoms with Crippen molar-refractivity contribution in [3.05, 3.63) is 35.9 Å². The van der Waals surface area contributed by atoms with Gasteiger partial charge in [0.25, 0.3) is 0 Å². The van der Waals surface area contributed by atoms with Crippen LogP contribution in [0.5, 0.6) is 0 Å². The summed E-state index contributed by atoms with van der Waals surface area (Å²) < 4.78 is 59.3. The van der Waals surface area contributed by atoms with Crippen LogP contribution < -0.4 is 0 Å². The summed E-state index contributed by atoms with van der Waals surface area (Å²) in [6.07, 6.45) is -0.861. The van der Waals surface area contributed by atoms with Crippen molar-refractivity contribution in [3.63, 3.8) is 0 Å². The standard InChI is InChI=1S/C24H37N3O3S.C2HF3O2/c1-20(2)17-26-13-9-23(10-14-26)19-24(25(3)22(23)28)11-15-27(16-12-24)31(29,30)18-21-7-5-4-6-8-21;3-2(4,5)1(6)7/h4-8,20H,9-19H2,1-3H3;(H,6,7). The molecule has 38 heavy (non-hydrogen) atoms. The van der Waals surface area contributed by atoms with Crippen LogP contribution in [0.15, 0.2) is 30.3 Å². The van der Waals surface area contributed by atoms with Crippen LogP contribution in [0.4, 0.5) is 13.2 Å². The summed E-state index contributed by atoms with van der Waals surface area (Å²) in [6, 6.07) is 9.38. The van der Waals surface area contributed by atoms with Crippen molar-refractivity contribution in [2.24, 2.45) is 11.3 Å². The number of alkyl halides is 3. The molecule has 0 radical (unpaired) electrons. The molecule has 0 bridgehead atoms. The van der Waals surface area contributed by atoms with Gasteiger partial charge in [-0.15, -0.1) is 0 Å². The van der Waals surface area contributed by atoms with E-state index in [0.29, 0.717) is 19.0 Å². The van der Waals surface area contributed by atoms with Crippen molar-refractivity contribution in [2.75, 3.05) is 39.8 Å². The average Bonchev–Trinajstić information content (AvgIpc) is 3.02. The van der Waals surface area contributed by atoms with Gasteiger partial charge in [0.15, 0.2) is 0 Å². The summed E-state index contributed by atoms with van der Waals surface area (Å²) >= 11 is 0. The molecule has 8 nitrogen and oxygen atoms in total. The van der Waals surface area contributed by atoms with Crippen molar-refractivity contribution < 1.29 is 36.3 Å². The van der Waals surface area contributed by atoms with Crippen LogP contribution in [0.2, 0.25) is 0 Å². The quantitative estimate of drug-likeness (QED) is 0.590. The topological polar surface area (TPSA) is 98.2 Å². The first-order chi connectivity index (χ1) is 17.6. The number of amides is 1. The SMILES string of the molecule is CC(C)CN1CCC2(CC1)CC1(CCN(S(=O)(=O)Cc3ccccc3)CC1)N(C)C2=O.O=C(O)C(F)(F)F. The van der Waals surface area contributed by atoms with E-state index in [4.69, 9.17) is 9.90 Å². The average molecular weight is 562 g/mol. The molecule has 0 aromatic heterocycles. The number of sulfonamides is 1. The number of carbonyl (C=O) groups excluding carboxylic acids is 1. The highest BCUT2D eigenvalue weighted by atomic mass is 32.2. The van der Waals surface area contributed by atoms with Gasteiger partial charge in [0.2, 0.25) is 15.9 Å². The maximum absolute atomic E-state index is 13.4. The molecular formula is C26H38F3N3O5S. The van der Waals surface area contributed by atoms with Crippen LogP contribution >= 0.6 is 0 Å². The minimum atomic E-state index is -5.08. The minimum Gasteiger partial charge on any atom is -0.475 e. The molecule has 1 aromatic carbocycles. The molecule has 3 fully saturated rings. The molecule has 0 atom stereocenters. The lowest BCUT2D eigenvalue weighted by Gasteiger charge is -2.43. The first-order valence-corrected chi connectivity index (χ1v) is 14.5. The van der Waals surface area contributed by atoms with Gasteiger partial charge >= 0.3 is 12.1 Å². The molecule has 3 heterocycles. The fraction of sp³-hybridized carbons (Fsp3) is 0.692. The fourth-order valence-electron chi connectivity index (χ4n) is 6.03. The lowest BCUT2D eigenvalue weighted by atomic mass is 9.71. The number of carboxylic acids is 1. The predicted molar refractivity (Wildman–Crippen MR) is 137 cm³/mol. The number of hydrogen-bond donors (Lipinski definition) is 1. The third-order valence-electron chi connectivity index (χ3n) is 8.05. The van der Waals surface area contributed by atoms with E-state index in [1.807, 2.05) is 42.3 Å². The Labute approximate surface area is 222 Å². The highest BCUT2D eigenvalue weighted by molar-refractivity contribution is 7.88. The van der Waals surface area contributed by atoms with Crippen molar-refractivity contribution in [1.82, 2.24) is 14.1 Å². The Morgan fingerprint density at radius 1 is 1.03 bits per heavy atom. The molecule has 0 unspecified atom stereocenters. The van der Waals surface area contributed by atoms with E-state index in [-0.39, 0.29) is 22.6 Å². The number of carboxylic acid groups (broad SMARTS) is 1. The second-order valence-corrected chi connectivity index (χ2v) is 13.2. The van der Waals surface area contributed by atoms with Gasteiger partial charge < -0.3 is 14.9 Å². The summed E-state index contributed by atoms with van der Waals surface area (Å²) in [7, 11) is -1.39. The number of benzene rings is 1. The van der Waals surface area contributed by atoms with Gasteiger partial charge in [-0.3, -0.25) is 4.79 Å². The number of aliphatic carboxylic acids is 1. The van der Waals surface area contributed by atoms with Crippen LogP contribution in [0.3, 0.4) is 0 Å². The largest absolute Gasteiger partial charge is 0.490 e. The van der Waals surface area contributed by atoms with Crippen LogP contribution in [0.1, 0.15) is 51.5 Å². The van der Waals surface area contributed by atoms with E-state index in [1.54, 1.807) is 4.31 Å². The maximum Gasteiger partial charge on any atom is 0.490 e. The molecule has 3 aliphatic heterocycles. The van der Waals surface area contributed by atoms with E-state index >= 15 is 0 Å². The molecular weight excluding hydrogens is 523 g/mol. The van der Waals surface area contributed by atoms with Gasteiger partial charge in [-0.25, -0.2) is 17.5 Å². The number of piperidine rings is 2. The number of halogens is 3. The molecule has 3 saturated heterocycles. The summed E-state index contributed by atoms with van der Waals surface area (Å²) in [5.74, 6) is -1.78. The molecule has 2 spiro atoms. The Morgan fingerprint density at radius 3 is 2.03 bits per heavy atom. The normalized spacial score (nSPS) is 22.1. The molecule has 1 aromatic rings. The highest BCUT2D eigenvalue weighted by Gasteiger charge is 2.59. The zero-order valence-corrected chi connectivity index (χ0v) is 23.0. The van der Waals surface area contributed by atoms with Crippen LogP contribution in [-0.2, 0) is 25.4 Å². The predicted octanol–water partition coefficient (Wildman–Crippen LogP) is 3.58. The molecule has 0 saturated carbocycles. The second-order valence-electron chi connectivity index (χ2n) is 11.2. The van der Waals surface area contributed by atoms with Gasteiger partial charge in [0.1, 0.15) is 0 Å². The lowest BCUT2D eigenvalue weighted by molar-refractivity contribution is -0.192. The zero-order chi connectivity index (χ0) is 28.4. The molecule has 0 aliphatic carbocycles. The van der Waals surface area contributed by atoms with Gasteiger partial charge in [-0.2, -0.15) is 13.2 Å². The summed E-state index contributed by atoms with van der Waals surface area (Å²) in [4.78, 5) is 26.8. The number of rotatable bonds is 5. The summed E-state index contributed by atoms with van der Waals surface area (Å²) in [5.41, 5.74) is 0.395. The maximum atomic E-state index is 13.4. The first kappa shape index (κ1) is 30.4. The Morgan fingerprint density at radius 2 is 1.55 bits per heavy atom. The number of carbonyl (C=O) groups is 2. The lowest BCUT2D eigenvalue weighted by Crippen LogP contribution is -2.52. The van der Waals surface area contributed by atoms with Crippen LogP contribution in [0.25, 0.3) is 0 Å². The first-order valence-electron chi connectivity index (χ1n) is 12.9. The van der Waals surface area contributed by atoms with E-state index < -0.39 is 22.2 Å². The molecule has 1 amide bonds. The third kappa shape index (κ3) is 6.87. The van der Waals surface area contributed by atoms with Gasteiger partial charge in [-0.05, 0) is 56.7 Å². The Kier molecular flexibility index (Phi) is 9.20. The molecule has 3 aliphatic rings. The fourth-order valence-corrected chi connectivity index (χ4v) is 7.57. The van der Waals surface area contributed by atoms with E-state index in [2.05, 4.69) is 18.7 Å². The number of likely N-dealkylation sites (tertiary alicyclic amines) is 2. The van der Waals surface area contributed by atoms with Crippen molar-refractivity contribution in [3.8, 4) is 0 Å². The number of nitrogens with zero attached hydrogens (tertiary/aromatic N) is 3. The Bertz CT molecular complexity index is 1080. The van der Waals surface area contributed by atoms with Crippen LogP contribution in [-0.4, -0.2) is 91.0 Å². The summed E-state index contributed by atoms with van der Waals surface area (Å²) in [5, 5.41) is 7.12. The van der Waals surface area contributed by atoms with E-state index in [9.17, 15) is 26.4 Å². The van der Waals surface area contributed by atoms with Crippen LogP contribution in [0, 0.1) is 11.3 Å². The zero-order valence-electron chi connectivity index (χ0n) is 22.2. The Hall–Kier alpha value is -2.18. The Balaban J connectivity index is 0.000000505. The molecule has 12 heteroatoms. The monoisotopic (exact) mass is 561 g/mol. The van der Waals surface area contributed by atoms with Gasteiger partial charge in [0, 0.05) is 32.2 Å². The molecule has 1 N–H and O–H groups in total. The minimum absolute atomic E-state index is 0.0469. The van der Waals surface area contributed by atoms with Gasteiger partial charge in [0.05, 0.1) is 11.2 Å². The molecule has 4 rings (SSSR count). The van der Waals surface area contributed by atoms with Crippen molar-refractivity contribution in [2.45, 2.75) is 63.4 Å². The molecule has 214 valence electrons. The third-order valence-corrected chi connectivity index (χ3v) is 9.90. The summed E-state index contributed by atoms with van der Waals surface area (Å²) in [6.45, 7) is 8.57.